The molecular weight excluding hydrogens is 889 g/mol. The molecule has 3 aliphatic rings. The Morgan fingerprint density at radius 2 is 1.07 bits per heavy atom. The van der Waals surface area contributed by atoms with Crippen LogP contribution in [0, 0.1) is 11.8 Å². The molecule has 0 radical (unpaired) electrons. The zero-order chi connectivity index (χ0) is 49.1. The van der Waals surface area contributed by atoms with Crippen LogP contribution in [0.1, 0.15) is 77.1 Å². The van der Waals surface area contributed by atoms with Gasteiger partial charge in [0.2, 0.25) is 11.8 Å². The van der Waals surface area contributed by atoms with Crippen LogP contribution in [0.3, 0.4) is 0 Å². The lowest BCUT2D eigenvalue weighted by Crippen LogP contribution is -2.51. The van der Waals surface area contributed by atoms with Crippen molar-refractivity contribution >= 4 is 29.7 Å². The minimum Gasteiger partial charge on any atom is -0.465 e. The summed E-state index contributed by atoms with van der Waals surface area (Å²) in [6.45, 7) is 11.7. The molecule has 6 heterocycles. The molecular formula is C53H62N10O7. The number of likely N-dealkylation sites (tertiary alicyclic amines) is 2. The number of aromatic nitrogens is 5. The molecule has 366 valence electrons. The summed E-state index contributed by atoms with van der Waals surface area (Å²) in [7, 11) is 1.29. The molecule has 70 heavy (non-hydrogen) atoms. The number of benzene rings is 3. The van der Waals surface area contributed by atoms with Gasteiger partial charge in [0.1, 0.15) is 23.7 Å². The summed E-state index contributed by atoms with van der Waals surface area (Å²) in [5.74, 6) is 0.675. The molecule has 4 amide bonds. The third-order valence-corrected chi connectivity index (χ3v) is 13.8. The second-order valence-corrected chi connectivity index (χ2v) is 19.0. The Morgan fingerprint density at radius 3 is 1.51 bits per heavy atom. The maximum Gasteiger partial charge on any atom is 0.407 e. The number of methoxy groups -OCH3 is 1. The van der Waals surface area contributed by atoms with Gasteiger partial charge in [0.25, 0.3) is 0 Å². The highest BCUT2D eigenvalue weighted by Crippen LogP contribution is 2.38. The summed E-state index contributed by atoms with van der Waals surface area (Å²) in [5, 5.41) is 14.5. The van der Waals surface area contributed by atoms with Crippen LogP contribution in [0.5, 0.6) is 0 Å². The Kier molecular flexibility index (Phi) is 14.1. The number of nitrogens with zero attached hydrogens (tertiary/aromatic N) is 6. The topological polar surface area (TPSA) is 203 Å². The number of anilines is 1. The number of morpholine rings is 1. The molecule has 3 aromatic carbocycles. The first-order valence-electron chi connectivity index (χ1n) is 24.3. The van der Waals surface area contributed by atoms with Crippen molar-refractivity contribution in [1.29, 1.82) is 0 Å². The van der Waals surface area contributed by atoms with E-state index in [0.717, 1.165) is 95.2 Å². The van der Waals surface area contributed by atoms with Gasteiger partial charge in [-0.3, -0.25) is 9.59 Å². The number of rotatable bonds is 14. The van der Waals surface area contributed by atoms with Crippen molar-refractivity contribution in [2.45, 2.75) is 77.5 Å². The van der Waals surface area contributed by atoms with E-state index in [4.69, 9.17) is 19.4 Å². The first-order valence-corrected chi connectivity index (χ1v) is 24.3. The predicted molar refractivity (Wildman–Crippen MR) is 266 cm³/mol. The van der Waals surface area contributed by atoms with Crippen LogP contribution in [0.4, 0.5) is 15.3 Å². The Morgan fingerprint density at radius 1 is 0.629 bits per heavy atom. The van der Waals surface area contributed by atoms with E-state index in [1.807, 2.05) is 38.8 Å². The summed E-state index contributed by atoms with van der Waals surface area (Å²) in [6.07, 6.45) is 4.89. The molecule has 9 rings (SSSR count). The maximum absolute atomic E-state index is 13.8. The highest BCUT2D eigenvalue weighted by Gasteiger charge is 2.39. The fourth-order valence-electron chi connectivity index (χ4n) is 10.1. The van der Waals surface area contributed by atoms with Gasteiger partial charge in [-0.15, -0.1) is 0 Å². The number of imidazole rings is 2. The van der Waals surface area contributed by atoms with Crippen LogP contribution in [0.25, 0.3) is 50.7 Å². The number of carboxylic acid groups (broad SMARTS) is 1. The van der Waals surface area contributed by atoms with Gasteiger partial charge in [-0.05, 0) is 96.2 Å². The highest BCUT2D eigenvalue weighted by atomic mass is 16.5. The average molecular weight is 951 g/mol. The minimum atomic E-state index is -1.22. The fourth-order valence-corrected chi connectivity index (χ4v) is 10.1. The van der Waals surface area contributed by atoms with Crippen molar-refractivity contribution in [1.82, 2.24) is 44.9 Å². The zero-order valence-corrected chi connectivity index (χ0v) is 40.4. The number of hydrogen-bond acceptors (Lipinski definition) is 9. The van der Waals surface area contributed by atoms with Crippen molar-refractivity contribution < 1.29 is 33.8 Å². The number of H-pyrrole nitrogens is 2. The van der Waals surface area contributed by atoms with Gasteiger partial charge in [0.05, 0.1) is 67.6 Å². The number of carbonyl (C=O) groups excluding carboxylic acids is 3. The van der Waals surface area contributed by atoms with Crippen molar-refractivity contribution in [2.75, 3.05) is 51.4 Å². The molecule has 4 atom stereocenters. The third kappa shape index (κ3) is 9.88. The van der Waals surface area contributed by atoms with Crippen LogP contribution in [-0.2, 0) is 19.1 Å². The van der Waals surface area contributed by atoms with Gasteiger partial charge in [0, 0.05) is 37.6 Å². The van der Waals surface area contributed by atoms with E-state index in [1.165, 1.54) is 7.11 Å². The Hall–Kier alpha value is -7.40. The van der Waals surface area contributed by atoms with Gasteiger partial charge in [-0.1, -0.05) is 76.2 Å². The van der Waals surface area contributed by atoms with E-state index in [0.29, 0.717) is 38.0 Å². The standard InChI is InChI=1S/C53H62N10O7/c1-32(2)46(58-52(66)67)50(64)61-24-6-8-44(61)48-54-30-40(56-48)34-10-14-36(15-11-34)42-22-23-43(63(42)39-20-18-38(19-21-39)60-26-28-70-29-27-60)37-16-12-35(13-17-37)41-31-55-49(57-41)45-9-7-25-62(45)51(65)47(33(3)4)59-53(68)69-5/h10-23,30-33,44-47,58H,6-9,24-29H2,1-5H3,(H,54,56)(H,55,57)(H,59,68)(H,66,67)/t44-,45-,46-,47-/m0/s1. The molecule has 0 spiro atoms. The third-order valence-electron chi connectivity index (χ3n) is 13.8. The second kappa shape index (κ2) is 20.7. The molecule has 17 nitrogen and oxygen atoms in total. The number of ether oxygens (including phenoxy) is 2. The summed E-state index contributed by atoms with van der Waals surface area (Å²) >= 11 is 0. The molecule has 3 fully saturated rings. The lowest BCUT2D eigenvalue weighted by atomic mass is 10.0. The van der Waals surface area contributed by atoms with Gasteiger partial charge < -0.3 is 54.4 Å². The van der Waals surface area contributed by atoms with E-state index < -0.39 is 24.3 Å². The molecule has 0 bridgehead atoms. The molecule has 3 saturated heterocycles. The van der Waals surface area contributed by atoms with E-state index in [2.05, 4.69) is 115 Å². The largest absolute Gasteiger partial charge is 0.465 e. The van der Waals surface area contributed by atoms with Crippen LogP contribution in [0.15, 0.2) is 97.3 Å². The van der Waals surface area contributed by atoms with Gasteiger partial charge >= 0.3 is 12.2 Å². The normalized spacial score (nSPS) is 18.1. The first-order chi connectivity index (χ1) is 33.9. The Balaban J connectivity index is 0.971. The molecule has 3 aliphatic heterocycles. The van der Waals surface area contributed by atoms with Crippen LogP contribution in [0.2, 0.25) is 0 Å². The summed E-state index contributed by atoms with van der Waals surface area (Å²) in [5.41, 5.74) is 9.81. The average Bonchev–Trinajstić information content (AvgIpc) is 4.24. The predicted octanol–water partition coefficient (Wildman–Crippen LogP) is 8.43. The number of hydrogen-bond donors (Lipinski definition) is 5. The van der Waals surface area contributed by atoms with Crippen molar-refractivity contribution in [3.05, 3.63) is 109 Å². The molecule has 0 saturated carbocycles. The Labute approximate surface area is 407 Å². The number of nitrogens with one attached hydrogen (secondary N) is 4. The monoisotopic (exact) mass is 950 g/mol. The lowest BCUT2D eigenvalue weighted by Gasteiger charge is -2.30. The van der Waals surface area contributed by atoms with Gasteiger partial charge in [-0.25, -0.2) is 19.6 Å². The van der Waals surface area contributed by atoms with E-state index in [-0.39, 0.29) is 35.7 Å². The number of amides is 4. The van der Waals surface area contributed by atoms with Crippen molar-refractivity contribution in [3.8, 4) is 50.7 Å². The molecule has 17 heteroatoms. The van der Waals surface area contributed by atoms with E-state index in [9.17, 15) is 24.3 Å². The van der Waals surface area contributed by atoms with Crippen molar-refractivity contribution in [2.24, 2.45) is 11.8 Å². The maximum atomic E-state index is 13.8. The summed E-state index contributed by atoms with van der Waals surface area (Å²) in [4.78, 5) is 73.3. The Bertz CT molecular complexity index is 2790. The minimum absolute atomic E-state index is 0.125. The number of carbonyl (C=O) groups is 4. The number of aromatic amines is 2. The van der Waals surface area contributed by atoms with Gasteiger partial charge in [-0.2, -0.15) is 0 Å². The first kappa shape index (κ1) is 47.7. The smallest absolute Gasteiger partial charge is 0.407 e. The quantitative estimate of drug-likeness (QED) is 0.0705. The molecule has 0 aliphatic carbocycles. The number of alkyl carbamates (subject to hydrolysis) is 1. The highest BCUT2D eigenvalue weighted by molar-refractivity contribution is 5.87. The SMILES string of the molecule is COC(=O)N[C@H](C(=O)N1CCC[C@H]1c1ncc(-c2ccc(-c3ccc(-c4ccc(-c5cnc([C@@H]6CCCN6C(=O)[C@@H](NC(=O)O)C(C)C)[nH]5)cc4)n3-c3ccc(N4CCOCC4)cc3)cc2)[nH]1)C(C)C. The molecule has 6 aromatic rings. The summed E-state index contributed by atoms with van der Waals surface area (Å²) < 4.78 is 12.7. The zero-order valence-electron chi connectivity index (χ0n) is 40.4. The summed E-state index contributed by atoms with van der Waals surface area (Å²) in [6, 6.07) is 27.7. The van der Waals surface area contributed by atoms with E-state index in [1.54, 1.807) is 11.1 Å². The van der Waals surface area contributed by atoms with E-state index >= 15 is 0 Å². The molecule has 5 N–H and O–H groups in total. The molecule has 0 unspecified atom stereocenters. The lowest BCUT2D eigenvalue weighted by molar-refractivity contribution is -0.136. The van der Waals surface area contributed by atoms with Crippen LogP contribution < -0.4 is 15.5 Å². The van der Waals surface area contributed by atoms with Crippen molar-refractivity contribution in [3.63, 3.8) is 0 Å². The molecule has 3 aromatic heterocycles. The second-order valence-electron chi connectivity index (χ2n) is 19.0. The fraction of sp³-hybridized carbons (Fsp3) is 0.396. The van der Waals surface area contributed by atoms with Crippen LogP contribution in [-0.4, -0.2) is 122 Å². The van der Waals surface area contributed by atoms with Gasteiger partial charge in [0.15, 0.2) is 0 Å². The van der Waals surface area contributed by atoms with Crippen LogP contribution >= 0.6 is 0 Å².